The Labute approximate surface area is 61.6 Å². The molecule has 0 rings (SSSR count). The summed E-state index contributed by atoms with van der Waals surface area (Å²) in [4.78, 5) is 9.96. The van der Waals surface area contributed by atoms with Gasteiger partial charge < -0.3 is 9.90 Å². The van der Waals surface area contributed by atoms with E-state index in [4.69, 9.17) is 5.11 Å². The van der Waals surface area contributed by atoms with Crippen LogP contribution >= 0.6 is 0 Å². The van der Waals surface area contributed by atoms with Gasteiger partial charge in [0.25, 0.3) is 0 Å². The lowest BCUT2D eigenvalue weighted by Gasteiger charge is -2.00. The third-order valence-electron chi connectivity index (χ3n) is 1.30. The molecule has 0 aliphatic rings. The monoisotopic (exact) mass is 142 g/mol. The van der Waals surface area contributed by atoms with E-state index in [0.29, 0.717) is 12.8 Å². The molecule has 0 aromatic rings. The number of allylic oxidation sites excluding steroid dienone is 1. The Morgan fingerprint density at radius 1 is 1.70 bits per heavy atom. The number of rotatable bonds is 4. The van der Waals surface area contributed by atoms with Crippen molar-refractivity contribution in [3.63, 3.8) is 0 Å². The number of hydrogen-bond acceptors (Lipinski definition) is 2. The smallest absolute Gasteiger partial charge is 0.124 e. The van der Waals surface area contributed by atoms with E-state index in [1.807, 2.05) is 13.8 Å². The van der Waals surface area contributed by atoms with E-state index in [2.05, 4.69) is 0 Å². The summed E-state index contributed by atoms with van der Waals surface area (Å²) in [6.07, 6.45) is 3.30. The van der Waals surface area contributed by atoms with Gasteiger partial charge in [-0.25, -0.2) is 0 Å². The molecule has 0 fully saturated rings. The van der Waals surface area contributed by atoms with E-state index in [-0.39, 0.29) is 6.10 Å². The first-order valence-electron chi connectivity index (χ1n) is 3.49. The molecule has 2 heteroatoms. The summed E-state index contributed by atoms with van der Waals surface area (Å²) in [6.45, 7) is 3.74. The maximum Gasteiger partial charge on any atom is 0.124 e. The van der Waals surface area contributed by atoms with Crippen LogP contribution in [0.1, 0.15) is 26.7 Å². The first kappa shape index (κ1) is 9.37. The van der Waals surface area contributed by atoms with Crippen molar-refractivity contribution in [1.29, 1.82) is 0 Å². The lowest BCUT2D eigenvalue weighted by atomic mass is 10.1. The third-order valence-corrected chi connectivity index (χ3v) is 1.30. The van der Waals surface area contributed by atoms with Gasteiger partial charge in [0.2, 0.25) is 0 Å². The van der Waals surface area contributed by atoms with Crippen molar-refractivity contribution >= 4 is 6.29 Å². The molecule has 1 unspecified atom stereocenters. The number of aldehydes is 1. The highest BCUT2D eigenvalue weighted by molar-refractivity contribution is 5.53. The zero-order valence-electron chi connectivity index (χ0n) is 6.50. The van der Waals surface area contributed by atoms with Gasteiger partial charge in [0.05, 0.1) is 6.10 Å². The van der Waals surface area contributed by atoms with Gasteiger partial charge in [-0.1, -0.05) is 18.6 Å². The zero-order valence-corrected chi connectivity index (χ0v) is 6.50. The Morgan fingerprint density at radius 2 is 2.30 bits per heavy atom. The molecule has 0 aliphatic carbocycles. The molecule has 1 atom stereocenters. The van der Waals surface area contributed by atoms with Gasteiger partial charge in [-0.3, -0.25) is 0 Å². The fourth-order valence-electron chi connectivity index (χ4n) is 0.646. The molecule has 0 heterocycles. The van der Waals surface area contributed by atoms with Crippen molar-refractivity contribution in [2.24, 2.45) is 0 Å². The fourth-order valence-corrected chi connectivity index (χ4v) is 0.646. The van der Waals surface area contributed by atoms with E-state index in [1.165, 1.54) is 0 Å². The van der Waals surface area contributed by atoms with E-state index in [1.54, 1.807) is 6.08 Å². The molecule has 0 saturated heterocycles. The molecule has 0 aromatic carbocycles. The predicted octanol–water partition coefficient (Wildman–Crippen LogP) is 1.29. The molecule has 0 aromatic heterocycles. The number of hydrogen-bond donors (Lipinski definition) is 1. The van der Waals surface area contributed by atoms with Gasteiger partial charge in [0, 0.05) is 6.42 Å². The second-order valence-corrected chi connectivity index (χ2v) is 2.36. The van der Waals surface area contributed by atoms with Crippen molar-refractivity contribution in [2.45, 2.75) is 32.8 Å². The largest absolute Gasteiger partial charge is 0.389 e. The fraction of sp³-hybridized carbons (Fsp3) is 0.625. The first-order chi connectivity index (χ1) is 4.70. The predicted molar refractivity (Wildman–Crippen MR) is 40.7 cm³/mol. The molecule has 0 aliphatic heterocycles. The van der Waals surface area contributed by atoms with E-state index in [9.17, 15) is 4.79 Å². The van der Waals surface area contributed by atoms with Crippen LogP contribution in [0.15, 0.2) is 11.6 Å². The van der Waals surface area contributed by atoms with Crippen LogP contribution < -0.4 is 0 Å². The molecule has 10 heavy (non-hydrogen) atoms. The second-order valence-electron chi connectivity index (χ2n) is 2.36. The summed E-state index contributed by atoms with van der Waals surface area (Å²) in [6, 6.07) is 0. The van der Waals surface area contributed by atoms with Gasteiger partial charge in [0.1, 0.15) is 6.29 Å². The standard InChI is InChI=1S/C8H14O2/c1-3-8(10)6-7(2)4-5-9/h5-6,8,10H,3-4H2,1-2H3/b7-6+. The third kappa shape index (κ3) is 4.27. The lowest BCUT2D eigenvalue weighted by molar-refractivity contribution is -0.107. The minimum absolute atomic E-state index is 0.389. The van der Waals surface area contributed by atoms with Crippen molar-refractivity contribution in [2.75, 3.05) is 0 Å². The molecule has 2 nitrogen and oxygen atoms in total. The van der Waals surface area contributed by atoms with Crippen LogP contribution in [0.5, 0.6) is 0 Å². The van der Waals surface area contributed by atoms with Crippen LogP contribution in [-0.4, -0.2) is 17.5 Å². The summed E-state index contributed by atoms with van der Waals surface area (Å²) >= 11 is 0. The van der Waals surface area contributed by atoms with Crippen LogP contribution in [0.2, 0.25) is 0 Å². The molecule has 0 amide bonds. The number of aliphatic hydroxyl groups is 1. The molecule has 0 bridgehead atoms. The maximum atomic E-state index is 9.96. The summed E-state index contributed by atoms with van der Waals surface area (Å²) < 4.78 is 0. The Morgan fingerprint density at radius 3 is 2.70 bits per heavy atom. The summed E-state index contributed by atoms with van der Waals surface area (Å²) in [5, 5.41) is 9.06. The quantitative estimate of drug-likeness (QED) is 0.474. The summed E-state index contributed by atoms with van der Waals surface area (Å²) in [5.74, 6) is 0. The van der Waals surface area contributed by atoms with Crippen molar-refractivity contribution in [3.8, 4) is 0 Å². The van der Waals surface area contributed by atoms with Crippen molar-refractivity contribution in [3.05, 3.63) is 11.6 Å². The molecule has 0 spiro atoms. The van der Waals surface area contributed by atoms with Gasteiger partial charge in [-0.05, 0) is 13.3 Å². The Bertz CT molecular complexity index is 127. The minimum atomic E-state index is -0.389. The van der Waals surface area contributed by atoms with Gasteiger partial charge >= 0.3 is 0 Å². The highest BCUT2D eigenvalue weighted by Crippen LogP contribution is 2.01. The van der Waals surface area contributed by atoms with E-state index < -0.39 is 0 Å². The zero-order chi connectivity index (χ0) is 7.98. The maximum absolute atomic E-state index is 9.96. The number of carbonyl (C=O) groups is 1. The minimum Gasteiger partial charge on any atom is -0.389 e. The lowest BCUT2D eigenvalue weighted by Crippen LogP contribution is -1.99. The Balaban J connectivity index is 3.76. The Hall–Kier alpha value is -0.630. The second kappa shape index (κ2) is 5.18. The summed E-state index contributed by atoms with van der Waals surface area (Å²) in [5.41, 5.74) is 0.935. The number of aliphatic hydroxyl groups excluding tert-OH is 1. The van der Waals surface area contributed by atoms with Gasteiger partial charge in [-0.15, -0.1) is 0 Å². The van der Waals surface area contributed by atoms with Crippen LogP contribution in [0.3, 0.4) is 0 Å². The van der Waals surface area contributed by atoms with Crippen LogP contribution in [0, 0.1) is 0 Å². The van der Waals surface area contributed by atoms with Crippen LogP contribution in [0.4, 0.5) is 0 Å². The van der Waals surface area contributed by atoms with Crippen molar-refractivity contribution in [1.82, 2.24) is 0 Å². The topological polar surface area (TPSA) is 37.3 Å². The average Bonchev–Trinajstić information content (AvgIpc) is 1.88. The molecule has 58 valence electrons. The normalized spacial score (nSPS) is 14.9. The van der Waals surface area contributed by atoms with Gasteiger partial charge in [0.15, 0.2) is 0 Å². The Kier molecular flexibility index (Phi) is 4.85. The molecule has 1 N–H and O–H groups in total. The van der Waals surface area contributed by atoms with Crippen molar-refractivity contribution < 1.29 is 9.90 Å². The van der Waals surface area contributed by atoms with Gasteiger partial charge in [-0.2, -0.15) is 0 Å². The van der Waals surface area contributed by atoms with E-state index >= 15 is 0 Å². The summed E-state index contributed by atoms with van der Waals surface area (Å²) in [7, 11) is 0. The molecule has 0 saturated carbocycles. The van der Waals surface area contributed by atoms with E-state index in [0.717, 1.165) is 11.9 Å². The molecule has 0 radical (unpaired) electrons. The first-order valence-corrected chi connectivity index (χ1v) is 3.49. The highest BCUT2D eigenvalue weighted by Gasteiger charge is 1.95. The van der Waals surface area contributed by atoms with Crippen LogP contribution in [0.25, 0.3) is 0 Å². The number of carbonyl (C=O) groups excluding carboxylic acids is 1. The molecular weight excluding hydrogens is 128 g/mol. The highest BCUT2D eigenvalue weighted by atomic mass is 16.3. The SMILES string of the molecule is CCC(O)/C=C(\C)CC=O. The van der Waals surface area contributed by atoms with Crippen LogP contribution in [-0.2, 0) is 4.79 Å². The average molecular weight is 142 g/mol. The molecular formula is C8H14O2.